The standard InChI is InChI=1S/C21H20ClN7S/c22-14-4-3-5-15(12-14)28-8-10-29(11-9-28)20-18(23)19(24-13-25-20)27-21-26-16-6-1-2-7-17(16)30-21/h1-7,12-13H,8-11,23H2,(H,24,25,26,27). The molecular formula is C21H20ClN7S. The minimum Gasteiger partial charge on any atom is -0.393 e. The molecule has 0 unspecified atom stereocenters. The lowest BCUT2D eigenvalue weighted by atomic mass is 10.2. The molecule has 0 spiro atoms. The Morgan fingerprint density at radius 2 is 1.77 bits per heavy atom. The highest BCUT2D eigenvalue weighted by molar-refractivity contribution is 7.22. The number of nitrogens with two attached hydrogens (primary N) is 1. The molecule has 1 aliphatic heterocycles. The van der Waals surface area contributed by atoms with Gasteiger partial charge in [0.2, 0.25) is 0 Å². The predicted octanol–water partition coefficient (Wildman–Crippen LogP) is 4.39. The Labute approximate surface area is 183 Å². The summed E-state index contributed by atoms with van der Waals surface area (Å²) in [6, 6.07) is 16.0. The molecule has 3 heterocycles. The Bertz CT molecular complexity index is 1150. The lowest BCUT2D eigenvalue weighted by Crippen LogP contribution is -2.47. The van der Waals surface area contributed by atoms with E-state index in [4.69, 9.17) is 17.3 Å². The van der Waals surface area contributed by atoms with Gasteiger partial charge in [0, 0.05) is 36.9 Å². The van der Waals surface area contributed by atoms with E-state index in [-0.39, 0.29) is 0 Å². The van der Waals surface area contributed by atoms with Gasteiger partial charge >= 0.3 is 0 Å². The van der Waals surface area contributed by atoms with Gasteiger partial charge in [0.1, 0.15) is 12.0 Å². The second-order valence-electron chi connectivity index (χ2n) is 7.03. The van der Waals surface area contributed by atoms with Crippen LogP contribution >= 0.6 is 22.9 Å². The summed E-state index contributed by atoms with van der Waals surface area (Å²) in [6.45, 7) is 3.36. The van der Waals surface area contributed by atoms with Gasteiger partial charge in [-0.3, -0.25) is 0 Å². The van der Waals surface area contributed by atoms with Crippen molar-refractivity contribution in [2.24, 2.45) is 0 Å². The molecule has 5 rings (SSSR count). The van der Waals surface area contributed by atoms with Gasteiger partial charge in [0.15, 0.2) is 16.8 Å². The van der Waals surface area contributed by atoms with Crippen molar-refractivity contribution in [2.45, 2.75) is 0 Å². The van der Waals surface area contributed by atoms with Gasteiger partial charge in [-0.25, -0.2) is 15.0 Å². The van der Waals surface area contributed by atoms with E-state index in [1.807, 2.05) is 42.5 Å². The molecule has 0 amide bonds. The number of para-hydroxylation sites is 1. The first-order valence-corrected chi connectivity index (χ1v) is 10.9. The molecule has 30 heavy (non-hydrogen) atoms. The largest absolute Gasteiger partial charge is 0.393 e. The summed E-state index contributed by atoms with van der Waals surface area (Å²) in [6.07, 6.45) is 1.55. The number of piperazine rings is 1. The smallest absolute Gasteiger partial charge is 0.189 e. The van der Waals surface area contributed by atoms with E-state index < -0.39 is 0 Å². The molecular weight excluding hydrogens is 418 g/mol. The van der Waals surface area contributed by atoms with Crippen LogP contribution in [0.2, 0.25) is 5.02 Å². The number of hydrogen-bond acceptors (Lipinski definition) is 8. The summed E-state index contributed by atoms with van der Waals surface area (Å²) in [5, 5.41) is 4.77. The number of halogens is 1. The zero-order valence-electron chi connectivity index (χ0n) is 16.1. The van der Waals surface area contributed by atoms with E-state index in [2.05, 4.69) is 36.1 Å². The van der Waals surface area contributed by atoms with E-state index in [0.29, 0.717) is 11.5 Å². The molecule has 0 bridgehead atoms. The molecule has 1 fully saturated rings. The Hall–Kier alpha value is -3.10. The molecule has 0 radical (unpaired) electrons. The fourth-order valence-corrected chi connectivity index (χ4v) is 4.66. The average molecular weight is 438 g/mol. The van der Waals surface area contributed by atoms with Crippen LogP contribution in [0.15, 0.2) is 54.9 Å². The number of thiazole rings is 1. The van der Waals surface area contributed by atoms with Gasteiger partial charge in [-0.2, -0.15) is 0 Å². The molecule has 2 aromatic heterocycles. The van der Waals surface area contributed by atoms with Crippen molar-refractivity contribution in [1.82, 2.24) is 15.0 Å². The van der Waals surface area contributed by atoms with Gasteiger partial charge < -0.3 is 20.9 Å². The lowest BCUT2D eigenvalue weighted by Gasteiger charge is -2.37. The van der Waals surface area contributed by atoms with Gasteiger partial charge in [0.05, 0.1) is 10.2 Å². The molecule has 1 saturated heterocycles. The van der Waals surface area contributed by atoms with Crippen molar-refractivity contribution < 1.29 is 0 Å². The Morgan fingerprint density at radius 1 is 0.967 bits per heavy atom. The lowest BCUT2D eigenvalue weighted by molar-refractivity contribution is 0.647. The van der Waals surface area contributed by atoms with Crippen molar-refractivity contribution in [2.75, 3.05) is 47.0 Å². The maximum absolute atomic E-state index is 6.44. The monoisotopic (exact) mass is 437 g/mol. The van der Waals surface area contributed by atoms with Gasteiger partial charge in [-0.1, -0.05) is 41.1 Å². The number of nitrogens with one attached hydrogen (secondary N) is 1. The summed E-state index contributed by atoms with van der Waals surface area (Å²) in [7, 11) is 0. The first kappa shape index (κ1) is 18.9. The fraction of sp³-hybridized carbons (Fsp3) is 0.190. The van der Waals surface area contributed by atoms with Crippen molar-refractivity contribution >= 4 is 61.3 Å². The maximum atomic E-state index is 6.44. The van der Waals surface area contributed by atoms with Crippen LogP contribution in [0.5, 0.6) is 0 Å². The van der Waals surface area contributed by atoms with Crippen LogP contribution in [0.3, 0.4) is 0 Å². The quantitative estimate of drug-likeness (QED) is 0.489. The van der Waals surface area contributed by atoms with Crippen LogP contribution in [0.1, 0.15) is 0 Å². The zero-order chi connectivity index (χ0) is 20.5. The Balaban J connectivity index is 1.32. The highest BCUT2D eigenvalue weighted by atomic mass is 35.5. The zero-order valence-corrected chi connectivity index (χ0v) is 17.7. The van der Waals surface area contributed by atoms with Crippen LogP contribution in [0.4, 0.5) is 28.1 Å². The molecule has 1 aliphatic rings. The normalized spacial score (nSPS) is 14.3. The molecule has 0 aliphatic carbocycles. The molecule has 4 aromatic rings. The molecule has 0 atom stereocenters. The van der Waals surface area contributed by atoms with E-state index in [9.17, 15) is 0 Å². The third-order valence-electron chi connectivity index (χ3n) is 5.13. The summed E-state index contributed by atoms with van der Waals surface area (Å²) in [4.78, 5) is 17.9. The van der Waals surface area contributed by atoms with E-state index in [1.54, 1.807) is 17.7 Å². The summed E-state index contributed by atoms with van der Waals surface area (Å²) < 4.78 is 1.12. The number of nitrogen functional groups attached to an aromatic ring is 1. The minimum atomic E-state index is 0.535. The van der Waals surface area contributed by atoms with E-state index in [1.165, 1.54) is 0 Å². The first-order valence-electron chi connectivity index (χ1n) is 9.66. The fourth-order valence-electron chi connectivity index (χ4n) is 3.61. The van der Waals surface area contributed by atoms with Gasteiger partial charge in [0.25, 0.3) is 0 Å². The van der Waals surface area contributed by atoms with E-state index >= 15 is 0 Å². The first-order chi connectivity index (χ1) is 14.7. The maximum Gasteiger partial charge on any atom is 0.189 e. The molecule has 9 heteroatoms. The van der Waals surface area contributed by atoms with Crippen LogP contribution in [0, 0.1) is 0 Å². The molecule has 0 saturated carbocycles. The molecule has 3 N–H and O–H groups in total. The molecule has 152 valence electrons. The predicted molar refractivity (Wildman–Crippen MR) is 125 cm³/mol. The SMILES string of the molecule is Nc1c(Nc2nc3ccccc3s2)ncnc1N1CCN(c2cccc(Cl)c2)CC1. The van der Waals surface area contributed by atoms with E-state index in [0.717, 1.165) is 58.1 Å². The number of rotatable bonds is 4. The third kappa shape index (κ3) is 3.71. The van der Waals surface area contributed by atoms with Crippen molar-refractivity contribution in [1.29, 1.82) is 0 Å². The third-order valence-corrected chi connectivity index (χ3v) is 6.32. The number of aromatic nitrogens is 3. The van der Waals surface area contributed by atoms with Crippen molar-refractivity contribution in [3.63, 3.8) is 0 Å². The van der Waals surface area contributed by atoms with Crippen molar-refractivity contribution in [3.05, 3.63) is 59.9 Å². The summed E-state index contributed by atoms with van der Waals surface area (Å²) >= 11 is 7.71. The van der Waals surface area contributed by atoms with Gasteiger partial charge in [-0.05, 0) is 30.3 Å². The summed E-state index contributed by atoms with van der Waals surface area (Å²) in [5.74, 6) is 1.33. The second kappa shape index (κ2) is 7.97. The number of anilines is 5. The Morgan fingerprint density at radius 3 is 2.57 bits per heavy atom. The molecule has 7 nitrogen and oxygen atoms in total. The summed E-state index contributed by atoms with van der Waals surface area (Å²) in [5.41, 5.74) is 9.06. The highest BCUT2D eigenvalue weighted by Crippen LogP contribution is 2.33. The molecule has 2 aromatic carbocycles. The van der Waals surface area contributed by atoms with Crippen LogP contribution in [-0.2, 0) is 0 Å². The van der Waals surface area contributed by atoms with Crippen LogP contribution < -0.4 is 20.9 Å². The number of nitrogens with zero attached hydrogens (tertiary/aromatic N) is 5. The van der Waals surface area contributed by atoms with Gasteiger partial charge in [-0.15, -0.1) is 0 Å². The van der Waals surface area contributed by atoms with Crippen LogP contribution in [-0.4, -0.2) is 41.1 Å². The van der Waals surface area contributed by atoms with Crippen molar-refractivity contribution in [3.8, 4) is 0 Å². The van der Waals surface area contributed by atoms with Crippen LogP contribution in [0.25, 0.3) is 10.2 Å². The highest BCUT2D eigenvalue weighted by Gasteiger charge is 2.22. The number of fused-ring (bicyclic) bond motifs is 1. The topological polar surface area (TPSA) is 83.2 Å². The Kier molecular flexibility index (Phi) is 5.02. The number of benzene rings is 2. The minimum absolute atomic E-state index is 0.535. The second-order valence-corrected chi connectivity index (χ2v) is 8.49. The number of hydrogen-bond donors (Lipinski definition) is 2. The average Bonchev–Trinajstić information content (AvgIpc) is 3.18.